The van der Waals surface area contributed by atoms with Gasteiger partial charge in [0.25, 0.3) is 5.91 Å². The van der Waals surface area contributed by atoms with Gasteiger partial charge in [-0.25, -0.2) is 0 Å². The predicted octanol–water partition coefficient (Wildman–Crippen LogP) is 3.51. The van der Waals surface area contributed by atoms with E-state index in [1.807, 2.05) is 13.8 Å². The van der Waals surface area contributed by atoms with Gasteiger partial charge in [-0.05, 0) is 23.6 Å². The maximum Gasteiger partial charge on any atom is 0.305 e. The summed E-state index contributed by atoms with van der Waals surface area (Å²) in [6.07, 6.45) is -0.224. The predicted molar refractivity (Wildman–Crippen MR) is 87.2 cm³/mol. The van der Waals surface area contributed by atoms with Gasteiger partial charge in [-0.1, -0.05) is 47.1 Å². The van der Waals surface area contributed by atoms with E-state index in [2.05, 4.69) is 26.4 Å². The first-order valence-corrected chi connectivity index (χ1v) is 7.91. The summed E-state index contributed by atoms with van der Waals surface area (Å²) < 4.78 is 5.91. The molecular formula is C16H17BrN2O4. The Morgan fingerprint density at radius 2 is 1.96 bits per heavy atom. The van der Waals surface area contributed by atoms with Crippen LogP contribution in [0.1, 0.15) is 54.0 Å². The number of nitrogens with zero attached hydrogens (tertiary/aromatic N) is 1. The topological polar surface area (TPSA) is 92.4 Å². The molecule has 6 nitrogen and oxygen atoms in total. The molecule has 0 aliphatic rings. The zero-order valence-electron chi connectivity index (χ0n) is 12.7. The normalized spacial score (nSPS) is 12.2. The van der Waals surface area contributed by atoms with Crippen molar-refractivity contribution in [1.82, 2.24) is 10.5 Å². The summed E-state index contributed by atoms with van der Waals surface area (Å²) in [7, 11) is 0. The van der Waals surface area contributed by atoms with Crippen LogP contribution in [-0.2, 0) is 4.79 Å². The Balaban J connectivity index is 2.17. The quantitative estimate of drug-likeness (QED) is 0.799. The summed E-state index contributed by atoms with van der Waals surface area (Å²) in [6.45, 7) is 3.88. The molecule has 0 aliphatic heterocycles. The number of carboxylic acids is 1. The zero-order valence-corrected chi connectivity index (χ0v) is 14.3. The molecule has 1 aromatic heterocycles. The molecule has 0 saturated heterocycles. The van der Waals surface area contributed by atoms with E-state index in [4.69, 9.17) is 9.63 Å². The number of halogens is 1. The van der Waals surface area contributed by atoms with E-state index in [0.29, 0.717) is 11.3 Å². The van der Waals surface area contributed by atoms with Crippen LogP contribution in [0.3, 0.4) is 0 Å². The highest BCUT2D eigenvalue weighted by molar-refractivity contribution is 9.10. The third-order valence-electron chi connectivity index (χ3n) is 3.30. The van der Waals surface area contributed by atoms with Gasteiger partial charge in [0.1, 0.15) is 0 Å². The minimum Gasteiger partial charge on any atom is -0.481 e. The number of carbonyl (C=O) groups is 2. The first kappa shape index (κ1) is 17.2. The van der Waals surface area contributed by atoms with Crippen molar-refractivity contribution >= 4 is 27.8 Å². The highest BCUT2D eigenvalue weighted by Gasteiger charge is 2.22. The van der Waals surface area contributed by atoms with Gasteiger partial charge in [0.05, 0.1) is 18.2 Å². The fourth-order valence-electron chi connectivity index (χ4n) is 2.02. The molecule has 1 heterocycles. The molecule has 122 valence electrons. The number of benzene rings is 1. The van der Waals surface area contributed by atoms with Crippen LogP contribution in [-0.4, -0.2) is 22.1 Å². The fraction of sp³-hybridized carbons (Fsp3) is 0.312. The number of aromatic nitrogens is 1. The van der Waals surface area contributed by atoms with Crippen molar-refractivity contribution in [3.05, 3.63) is 51.8 Å². The third-order valence-corrected chi connectivity index (χ3v) is 3.83. The van der Waals surface area contributed by atoms with Crippen molar-refractivity contribution < 1.29 is 19.2 Å². The monoisotopic (exact) mass is 380 g/mol. The summed E-state index contributed by atoms with van der Waals surface area (Å²) in [4.78, 5) is 23.3. The van der Waals surface area contributed by atoms with E-state index < -0.39 is 17.9 Å². The fourth-order valence-corrected chi connectivity index (χ4v) is 2.28. The van der Waals surface area contributed by atoms with E-state index in [0.717, 1.165) is 4.47 Å². The van der Waals surface area contributed by atoms with Crippen LogP contribution in [0.2, 0.25) is 0 Å². The minimum absolute atomic E-state index is 0.0706. The lowest BCUT2D eigenvalue weighted by molar-refractivity contribution is -0.137. The second kappa shape index (κ2) is 7.41. The molecule has 0 fully saturated rings. The van der Waals surface area contributed by atoms with Gasteiger partial charge in [-0.15, -0.1) is 0 Å². The molecule has 0 aliphatic carbocycles. The van der Waals surface area contributed by atoms with Gasteiger partial charge in [0.2, 0.25) is 5.76 Å². The number of amides is 1. The number of rotatable bonds is 6. The van der Waals surface area contributed by atoms with Crippen LogP contribution in [0.5, 0.6) is 0 Å². The van der Waals surface area contributed by atoms with E-state index in [9.17, 15) is 9.59 Å². The average molecular weight is 381 g/mol. The zero-order chi connectivity index (χ0) is 17.0. The van der Waals surface area contributed by atoms with Crippen molar-refractivity contribution in [3.63, 3.8) is 0 Å². The molecule has 2 rings (SSSR count). The van der Waals surface area contributed by atoms with Gasteiger partial charge in [0.15, 0.2) is 0 Å². The molecule has 0 saturated carbocycles. The Kier molecular flexibility index (Phi) is 5.54. The number of nitrogens with one attached hydrogen (secondary N) is 1. The number of carbonyl (C=O) groups excluding carboxylic acids is 1. The van der Waals surface area contributed by atoms with Crippen LogP contribution in [0.4, 0.5) is 0 Å². The van der Waals surface area contributed by atoms with Crippen molar-refractivity contribution in [2.45, 2.75) is 32.2 Å². The van der Waals surface area contributed by atoms with Gasteiger partial charge in [-0.2, -0.15) is 0 Å². The molecule has 23 heavy (non-hydrogen) atoms. The second-order valence-electron chi connectivity index (χ2n) is 5.45. The van der Waals surface area contributed by atoms with Crippen LogP contribution in [0, 0.1) is 0 Å². The third kappa shape index (κ3) is 4.66. The number of aliphatic carboxylic acids is 1. The maximum atomic E-state index is 12.3. The number of hydrogen-bond acceptors (Lipinski definition) is 4. The van der Waals surface area contributed by atoms with Gasteiger partial charge >= 0.3 is 5.97 Å². The molecule has 1 aromatic carbocycles. The Labute approximate surface area is 142 Å². The molecule has 1 amide bonds. The molecule has 2 N–H and O–H groups in total. The molecule has 1 atom stereocenters. The average Bonchev–Trinajstić information content (AvgIpc) is 2.97. The number of hydrogen-bond donors (Lipinski definition) is 2. The summed E-state index contributed by atoms with van der Waals surface area (Å²) in [6, 6.07) is 8.03. The lowest BCUT2D eigenvalue weighted by Crippen LogP contribution is -2.30. The Morgan fingerprint density at radius 3 is 2.48 bits per heavy atom. The summed E-state index contributed by atoms with van der Waals surface area (Å²) in [5.41, 5.74) is 1.38. The molecule has 0 radical (unpaired) electrons. The lowest BCUT2D eigenvalue weighted by Gasteiger charge is -2.16. The first-order chi connectivity index (χ1) is 10.9. The molecule has 2 aromatic rings. The van der Waals surface area contributed by atoms with E-state index in [-0.39, 0.29) is 18.1 Å². The molecule has 7 heteroatoms. The SMILES string of the molecule is CC(C)c1cc(C(=O)NC(CC(=O)O)c2ccc(Br)cc2)on1. The smallest absolute Gasteiger partial charge is 0.305 e. The van der Waals surface area contributed by atoms with Crippen molar-refractivity contribution in [1.29, 1.82) is 0 Å². The van der Waals surface area contributed by atoms with Crippen molar-refractivity contribution in [2.24, 2.45) is 0 Å². The first-order valence-electron chi connectivity index (χ1n) is 7.11. The molecule has 0 bridgehead atoms. The van der Waals surface area contributed by atoms with Crippen LogP contribution in [0.25, 0.3) is 0 Å². The van der Waals surface area contributed by atoms with Crippen molar-refractivity contribution in [3.8, 4) is 0 Å². The molecule has 1 unspecified atom stereocenters. The van der Waals surface area contributed by atoms with Crippen LogP contribution >= 0.6 is 15.9 Å². The van der Waals surface area contributed by atoms with Gasteiger partial charge in [-0.3, -0.25) is 9.59 Å². The highest BCUT2D eigenvalue weighted by atomic mass is 79.9. The Morgan fingerprint density at radius 1 is 1.30 bits per heavy atom. The minimum atomic E-state index is -1.00. The van der Waals surface area contributed by atoms with Gasteiger partial charge in [0, 0.05) is 10.5 Å². The lowest BCUT2D eigenvalue weighted by atomic mass is 10.0. The van der Waals surface area contributed by atoms with Crippen LogP contribution < -0.4 is 5.32 Å². The summed E-state index contributed by atoms with van der Waals surface area (Å²) in [5.74, 6) is -1.28. The second-order valence-corrected chi connectivity index (χ2v) is 6.36. The van der Waals surface area contributed by atoms with Crippen molar-refractivity contribution in [2.75, 3.05) is 0 Å². The summed E-state index contributed by atoms with van der Waals surface area (Å²) >= 11 is 3.32. The maximum absolute atomic E-state index is 12.3. The molecular weight excluding hydrogens is 364 g/mol. The van der Waals surface area contributed by atoms with Crippen LogP contribution in [0.15, 0.2) is 39.3 Å². The largest absolute Gasteiger partial charge is 0.481 e. The van der Waals surface area contributed by atoms with Gasteiger partial charge < -0.3 is 14.9 Å². The molecule has 0 spiro atoms. The Hall–Kier alpha value is -2.15. The van der Waals surface area contributed by atoms with E-state index in [1.54, 1.807) is 30.3 Å². The Bertz CT molecular complexity index is 694. The summed E-state index contributed by atoms with van der Waals surface area (Å²) in [5, 5.41) is 15.6. The van der Waals surface area contributed by atoms with E-state index in [1.165, 1.54) is 0 Å². The van der Waals surface area contributed by atoms with E-state index >= 15 is 0 Å². The standard InChI is InChI=1S/C16H17BrN2O4/c1-9(2)12-7-14(23-19-12)16(22)18-13(8-15(20)21)10-3-5-11(17)6-4-10/h3-7,9,13H,8H2,1-2H3,(H,18,22)(H,20,21). The highest BCUT2D eigenvalue weighted by Crippen LogP contribution is 2.21. The number of carboxylic acid groups (broad SMARTS) is 1.